The number of carbonyl (C=O) groups is 1. The summed E-state index contributed by atoms with van der Waals surface area (Å²) < 4.78 is 13.6. The van der Waals surface area contributed by atoms with Crippen LogP contribution in [0.3, 0.4) is 0 Å². The van der Waals surface area contributed by atoms with Crippen molar-refractivity contribution in [3.8, 4) is 0 Å². The van der Waals surface area contributed by atoms with E-state index in [1.54, 1.807) is 36.4 Å². The Morgan fingerprint density at radius 2 is 1.96 bits per heavy atom. The minimum atomic E-state index is -0.307. The molecule has 0 aliphatic carbocycles. The average molecular weight is 357 g/mol. The molecule has 2 heterocycles. The lowest BCUT2D eigenvalue weighted by molar-refractivity contribution is 0.102. The summed E-state index contributed by atoms with van der Waals surface area (Å²) in [4.78, 5) is 20.1. The summed E-state index contributed by atoms with van der Waals surface area (Å²) >= 11 is 5.77. The maximum absolute atomic E-state index is 13.6. The molecule has 1 aromatic carbocycles. The topological polar surface area (TPSA) is 66.9 Å². The number of rotatable bonds is 5. The molecule has 3 rings (SSSR count). The van der Waals surface area contributed by atoms with Crippen molar-refractivity contribution in [2.45, 2.75) is 6.54 Å². The highest BCUT2D eigenvalue weighted by Crippen LogP contribution is 2.14. The molecule has 0 spiro atoms. The number of carbonyl (C=O) groups excluding carboxylic acids is 1. The first-order valence-electron chi connectivity index (χ1n) is 7.48. The lowest BCUT2D eigenvalue weighted by atomic mass is 10.2. The van der Waals surface area contributed by atoms with Gasteiger partial charge in [-0.1, -0.05) is 29.8 Å². The lowest BCUT2D eigenvalue weighted by Gasteiger charge is -2.08. The Bertz CT molecular complexity index is 886. The molecule has 0 atom stereocenters. The maximum Gasteiger partial charge on any atom is 0.255 e. The van der Waals surface area contributed by atoms with E-state index in [0.717, 1.165) is 0 Å². The van der Waals surface area contributed by atoms with E-state index < -0.39 is 0 Å². The molecule has 2 aromatic heterocycles. The van der Waals surface area contributed by atoms with Crippen LogP contribution in [0.4, 0.5) is 15.9 Å². The largest absolute Gasteiger partial charge is 0.366 e. The molecule has 7 heteroatoms. The van der Waals surface area contributed by atoms with Gasteiger partial charge in [-0.15, -0.1) is 0 Å². The van der Waals surface area contributed by atoms with E-state index in [1.165, 1.54) is 24.5 Å². The molecule has 0 aliphatic heterocycles. The SMILES string of the molecule is O=C(Nc1ccc(NCc2ccccc2F)nc1)c1ccnc(Cl)c1. The number of amides is 1. The van der Waals surface area contributed by atoms with E-state index in [2.05, 4.69) is 20.6 Å². The first-order chi connectivity index (χ1) is 12.1. The second kappa shape index (κ2) is 7.72. The molecule has 3 aromatic rings. The molecular formula is C18H14ClFN4O. The Kier molecular flexibility index (Phi) is 5.20. The Morgan fingerprint density at radius 3 is 2.68 bits per heavy atom. The van der Waals surface area contributed by atoms with E-state index in [4.69, 9.17) is 11.6 Å². The van der Waals surface area contributed by atoms with Crippen molar-refractivity contribution in [1.82, 2.24) is 9.97 Å². The summed E-state index contributed by atoms with van der Waals surface area (Å²) in [5.41, 5.74) is 1.49. The highest BCUT2D eigenvalue weighted by atomic mass is 35.5. The van der Waals surface area contributed by atoms with Gasteiger partial charge >= 0.3 is 0 Å². The van der Waals surface area contributed by atoms with E-state index >= 15 is 0 Å². The maximum atomic E-state index is 13.6. The van der Waals surface area contributed by atoms with E-state index in [0.29, 0.717) is 29.2 Å². The number of aromatic nitrogens is 2. The number of benzene rings is 1. The van der Waals surface area contributed by atoms with Crippen molar-refractivity contribution in [2.75, 3.05) is 10.6 Å². The van der Waals surface area contributed by atoms with Crippen molar-refractivity contribution in [2.24, 2.45) is 0 Å². The van der Waals surface area contributed by atoms with Gasteiger partial charge in [-0.2, -0.15) is 0 Å². The van der Waals surface area contributed by atoms with Crippen LogP contribution in [0, 0.1) is 5.82 Å². The van der Waals surface area contributed by atoms with Crippen LogP contribution in [0.5, 0.6) is 0 Å². The van der Waals surface area contributed by atoms with Crippen molar-refractivity contribution < 1.29 is 9.18 Å². The Labute approximate surface area is 148 Å². The van der Waals surface area contributed by atoms with E-state index in [9.17, 15) is 9.18 Å². The Morgan fingerprint density at radius 1 is 1.12 bits per heavy atom. The molecule has 5 nitrogen and oxygen atoms in total. The molecular weight excluding hydrogens is 343 g/mol. The molecule has 0 unspecified atom stereocenters. The standard InChI is InChI=1S/C18H14ClFN4O/c19-16-9-12(7-8-21-16)18(25)24-14-5-6-17(23-11-14)22-10-13-3-1-2-4-15(13)20/h1-9,11H,10H2,(H,22,23)(H,24,25). The van der Waals surface area contributed by atoms with Crippen molar-refractivity contribution in [3.63, 3.8) is 0 Å². The summed E-state index contributed by atoms with van der Waals surface area (Å²) in [6, 6.07) is 13.0. The number of hydrogen-bond donors (Lipinski definition) is 2. The van der Waals surface area contributed by atoms with Gasteiger partial charge in [0.25, 0.3) is 5.91 Å². The van der Waals surface area contributed by atoms with Crippen LogP contribution in [-0.4, -0.2) is 15.9 Å². The van der Waals surface area contributed by atoms with Gasteiger partial charge in [0.1, 0.15) is 16.8 Å². The molecule has 25 heavy (non-hydrogen) atoms. The van der Waals surface area contributed by atoms with E-state index in [-0.39, 0.29) is 16.9 Å². The van der Waals surface area contributed by atoms with Crippen molar-refractivity contribution >= 4 is 29.0 Å². The van der Waals surface area contributed by atoms with Crippen LogP contribution in [0.2, 0.25) is 5.15 Å². The summed E-state index contributed by atoms with van der Waals surface area (Å²) in [6.45, 7) is 0.320. The zero-order chi connectivity index (χ0) is 17.6. The van der Waals surface area contributed by atoms with Crippen LogP contribution >= 0.6 is 11.6 Å². The number of hydrogen-bond acceptors (Lipinski definition) is 4. The van der Waals surface area contributed by atoms with Gasteiger partial charge in [0.05, 0.1) is 11.9 Å². The first kappa shape index (κ1) is 16.9. The van der Waals surface area contributed by atoms with Crippen LogP contribution in [0.1, 0.15) is 15.9 Å². The molecule has 0 aliphatic rings. The number of halogens is 2. The molecule has 1 amide bonds. The summed E-state index contributed by atoms with van der Waals surface area (Å²) in [5.74, 6) is 0.00117. The fourth-order valence-corrected chi connectivity index (χ4v) is 2.32. The van der Waals surface area contributed by atoms with Gasteiger partial charge in [0.15, 0.2) is 0 Å². The van der Waals surface area contributed by atoms with Gasteiger partial charge < -0.3 is 10.6 Å². The van der Waals surface area contributed by atoms with Crippen LogP contribution in [0.15, 0.2) is 60.9 Å². The van der Waals surface area contributed by atoms with Gasteiger partial charge in [-0.05, 0) is 30.3 Å². The number of anilines is 2. The second-order valence-corrected chi connectivity index (χ2v) is 5.59. The zero-order valence-electron chi connectivity index (χ0n) is 13.0. The molecule has 2 N–H and O–H groups in total. The van der Waals surface area contributed by atoms with Crippen LogP contribution in [0.25, 0.3) is 0 Å². The number of nitrogens with one attached hydrogen (secondary N) is 2. The fourth-order valence-electron chi connectivity index (χ4n) is 2.15. The minimum Gasteiger partial charge on any atom is -0.366 e. The van der Waals surface area contributed by atoms with Gasteiger partial charge in [-0.3, -0.25) is 4.79 Å². The van der Waals surface area contributed by atoms with Crippen LogP contribution < -0.4 is 10.6 Å². The van der Waals surface area contributed by atoms with Gasteiger partial charge in [0.2, 0.25) is 0 Å². The predicted octanol–water partition coefficient (Wildman–Crippen LogP) is 4.13. The third-order valence-corrected chi connectivity index (χ3v) is 3.63. The van der Waals surface area contributed by atoms with Crippen molar-refractivity contribution in [1.29, 1.82) is 0 Å². The van der Waals surface area contributed by atoms with Gasteiger partial charge in [0, 0.05) is 23.9 Å². The number of nitrogens with zero attached hydrogens (tertiary/aromatic N) is 2. The lowest BCUT2D eigenvalue weighted by Crippen LogP contribution is -2.12. The molecule has 0 saturated carbocycles. The quantitative estimate of drug-likeness (QED) is 0.674. The molecule has 0 saturated heterocycles. The predicted molar refractivity (Wildman–Crippen MR) is 95.2 cm³/mol. The minimum absolute atomic E-state index is 0.249. The summed E-state index contributed by atoms with van der Waals surface area (Å²) in [7, 11) is 0. The fraction of sp³-hybridized carbons (Fsp3) is 0.0556. The summed E-state index contributed by atoms with van der Waals surface area (Å²) in [6.07, 6.45) is 2.98. The van der Waals surface area contributed by atoms with E-state index in [1.807, 2.05) is 0 Å². The molecule has 126 valence electrons. The highest BCUT2D eigenvalue weighted by Gasteiger charge is 2.07. The third-order valence-electron chi connectivity index (χ3n) is 3.43. The highest BCUT2D eigenvalue weighted by molar-refractivity contribution is 6.29. The monoisotopic (exact) mass is 356 g/mol. The molecule has 0 radical (unpaired) electrons. The van der Waals surface area contributed by atoms with Crippen molar-refractivity contribution in [3.05, 3.63) is 83.0 Å². The van der Waals surface area contributed by atoms with Gasteiger partial charge in [-0.25, -0.2) is 14.4 Å². The smallest absolute Gasteiger partial charge is 0.255 e. The zero-order valence-corrected chi connectivity index (χ0v) is 13.8. The first-order valence-corrected chi connectivity index (χ1v) is 7.86. The van der Waals surface area contributed by atoms with Crippen LogP contribution in [-0.2, 0) is 6.54 Å². The Balaban J connectivity index is 1.60. The second-order valence-electron chi connectivity index (χ2n) is 5.20. The molecule has 0 fully saturated rings. The summed E-state index contributed by atoms with van der Waals surface area (Å²) in [5, 5.41) is 6.00. The Hall–Kier alpha value is -2.99. The normalized spacial score (nSPS) is 10.3. The average Bonchev–Trinajstić information content (AvgIpc) is 2.62. The molecule has 0 bridgehead atoms. The third kappa shape index (κ3) is 4.51. The number of pyridine rings is 2.